The standard InChI is InChI=1S/C16H23FN2S/c1-16(2,3)12-7-8-19(10-12)9-11-5-4-6-13(14(11)17)15(18)20/h4-6,12H,7-10H2,1-3H3,(H2,18,20). The molecule has 0 amide bonds. The molecule has 1 aliphatic heterocycles. The summed E-state index contributed by atoms with van der Waals surface area (Å²) in [6.45, 7) is 9.51. The van der Waals surface area contributed by atoms with Crippen molar-refractivity contribution in [2.24, 2.45) is 17.1 Å². The lowest BCUT2D eigenvalue weighted by atomic mass is 9.80. The van der Waals surface area contributed by atoms with Crippen LogP contribution >= 0.6 is 12.2 Å². The van der Waals surface area contributed by atoms with Crippen molar-refractivity contribution in [3.8, 4) is 0 Å². The van der Waals surface area contributed by atoms with Gasteiger partial charge in [-0.25, -0.2) is 4.39 Å². The van der Waals surface area contributed by atoms with Crippen LogP contribution in [0.3, 0.4) is 0 Å². The van der Waals surface area contributed by atoms with Gasteiger partial charge in [0.1, 0.15) is 10.8 Å². The van der Waals surface area contributed by atoms with Gasteiger partial charge in [0.05, 0.1) is 0 Å². The molecule has 1 aliphatic rings. The SMILES string of the molecule is CC(C)(C)C1CCN(Cc2cccc(C(N)=S)c2F)C1. The van der Waals surface area contributed by atoms with Gasteiger partial charge in [-0.05, 0) is 30.4 Å². The van der Waals surface area contributed by atoms with Gasteiger partial charge in [0.2, 0.25) is 0 Å². The minimum Gasteiger partial charge on any atom is -0.389 e. The van der Waals surface area contributed by atoms with Crippen molar-refractivity contribution in [2.75, 3.05) is 13.1 Å². The first-order chi connectivity index (χ1) is 9.29. The number of likely N-dealkylation sites (tertiary alicyclic amines) is 1. The second-order valence-corrected chi connectivity index (χ2v) is 7.17. The second kappa shape index (κ2) is 5.78. The summed E-state index contributed by atoms with van der Waals surface area (Å²) in [4.78, 5) is 2.44. The van der Waals surface area contributed by atoms with Crippen LogP contribution in [0.25, 0.3) is 0 Å². The maximum atomic E-state index is 14.3. The molecule has 110 valence electrons. The lowest BCUT2D eigenvalue weighted by molar-refractivity contribution is 0.225. The number of benzene rings is 1. The van der Waals surface area contributed by atoms with Crippen LogP contribution in [0, 0.1) is 17.2 Å². The van der Waals surface area contributed by atoms with Crippen molar-refractivity contribution in [3.05, 3.63) is 35.1 Å². The van der Waals surface area contributed by atoms with Crippen LogP contribution in [-0.2, 0) is 6.54 Å². The Balaban J connectivity index is 2.09. The molecular formula is C16H23FN2S. The maximum Gasteiger partial charge on any atom is 0.137 e. The first-order valence-electron chi connectivity index (χ1n) is 7.08. The van der Waals surface area contributed by atoms with Gasteiger partial charge in [0.25, 0.3) is 0 Å². The summed E-state index contributed by atoms with van der Waals surface area (Å²) in [6, 6.07) is 5.29. The topological polar surface area (TPSA) is 29.3 Å². The average molecular weight is 294 g/mol. The molecular weight excluding hydrogens is 271 g/mol. The number of halogens is 1. The Morgan fingerprint density at radius 2 is 2.15 bits per heavy atom. The Hall–Kier alpha value is -1.00. The highest BCUT2D eigenvalue weighted by Gasteiger charge is 2.31. The van der Waals surface area contributed by atoms with E-state index in [4.69, 9.17) is 18.0 Å². The summed E-state index contributed by atoms with van der Waals surface area (Å²) in [6.07, 6.45) is 1.18. The molecule has 1 fully saturated rings. The van der Waals surface area contributed by atoms with Crippen LogP contribution in [0.2, 0.25) is 0 Å². The molecule has 1 unspecified atom stereocenters. The Morgan fingerprint density at radius 1 is 1.45 bits per heavy atom. The third-order valence-corrected chi connectivity index (χ3v) is 4.46. The van der Waals surface area contributed by atoms with Crippen LogP contribution < -0.4 is 5.73 Å². The monoisotopic (exact) mass is 294 g/mol. The number of hydrogen-bond acceptors (Lipinski definition) is 2. The van der Waals surface area contributed by atoms with Gasteiger partial charge in [-0.1, -0.05) is 45.1 Å². The zero-order chi connectivity index (χ0) is 14.9. The van der Waals surface area contributed by atoms with E-state index in [0.29, 0.717) is 29.0 Å². The third kappa shape index (κ3) is 3.36. The molecule has 0 bridgehead atoms. The van der Waals surface area contributed by atoms with Crippen LogP contribution in [0.15, 0.2) is 18.2 Å². The zero-order valence-corrected chi connectivity index (χ0v) is 13.3. The summed E-state index contributed by atoms with van der Waals surface area (Å²) in [7, 11) is 0. The largest absolute Gasteiger partial charge is 0.389 e. The number of hydrogen-bond donors (Lipinski definition) is 1. The second-order valence-electron chi connectivity index (χ2n) is 6.73. The van der Waals surface area contributed by atoms with Crippen LogP contribution in [-0.4, -0.2) is 23.0 Å². The first kappa shape index (κ1) is 15.4. The smallest absolute Gasteiger partial charge is 0.137 e. The minimum atomic E-state index is -0.265. The molecule has 1 aromatic carbocycles. The van der Waals surface area contributed by atoms with Crippen LogP contribution in [0.1, 0.15) is 38.3 Å². The molecule has 0 radical (unpaired) electrons. The lowest BCUT2D eigenvalue weighted by Gasteiger charge is -2.27. The van der Waals surface area contributed by atoms with E-state index in [1.807, 2.05) is 12.1 Å². The summed E-state index contributed by atoms with van der Waals surface area (Å²) >= 11 is 4.88. The highest BCUT2D eigenvalue weighted by molar-refractivity contribution is 7.80. The quantitative estimate of drug-likeness (QED) is 0.867. The first-order valence-corrected chi connectivity index (χ1v) is 7.49. The highest BCUT2D eigenvalue weighted by Crippen LogP contribution is 2.34. The van der Waals surface area contributed by atoms with E-state index in [-0.39, 0.29) is 10.8 Å². The molecule has 2 nitrogen and oxygen atoms in total. The molecule has 0 saturated carbocycles. The van der Waals surface area contributed by atoms with Crippen LogP contribution in [0.5, 0.6) is 0 Å². The number of rotatable bonds is 3. The molecule has 0 aliphatic carbocycles. The van der Waals surface area contributed by atoms with E-state index in [9.17, 15) is 4.39 Å². The van der Waals surface area contributed by atoms with Crippen molar-refractivity contribution >= 4 is 17.2 Å². The van der Waals surface area contributed by atoms with Crippen LogP contribution in [0.4, 0.5) is 4.39 Å². The normalized spacial score (nSPS) is 20.3. The summed E-state index contributed by atoms with van der Waals surface area (Å²) in [5.74, 6) is 0.406. The van der Waals surface area contributed by atoms with E-state index < -0.39 is 0 Å². The van der Waals surface area contributed by atoms with Crippen molar-refractivity contribution in [1.82, 2.24) is 4.90 Å². The summed E-state index contributed by atoms with van der Waals surface area (Å²) < 4.78 is 14.3. The van der Waals surface area contributed by atoms with E-state index in [2.05, 4.69) is 25.7 Å². The molecule has 0 aromatic heterocycles. The molecule has 20 heavy (non-hydrogen) atoms. The van der Waals surface area contributed by atoms with Gasteiger partial charge in [0, 0.05) is 24.2 Å². The van der Waals surface area contributed by atoms with Crippen molar-refractivity contribution in [2.45, 2.75) is 33.7 Å². The molecule has 1 aromatic rings. The molecule has 1 heterocycles. The fourth-order valence-corrected chi connectivity index (χ4v) is 2.97. The maximum absolute atomic E-state index is 14.3. The minimum absolute atomic E-state index is 0.123. The zero-order valence-electron chi connectivity index (χ0n) is 12.4. The Bertz CT molecular complexity index is 508. The molecule has 2 N–H and O–H groups in total. The Morgan fingerprint density at radius 3 is 2.70 bits per heavy atom. The fraction of sp³-hybridized carbons (Fsp3) is 0.562. The number of thiocarbonyl (C=S) groups is 1. The Kier molecular flexibility index (Phi) is 4.45. The average Bonchev–Trinajstić information content (AvgIpc) is 2.80. The predicted molar refractivity (Wildman–Crippen MR) is 85.1 cm³/mol. The predicted octanol–water partition coefficient (Wildman–Crippen LogP) is 3.33. The summed E-state index contributed by atoms with van der Waals surface area (Å²) in [5, 5.41) is 0. The highest BCUT2D eigenvalue weighted by atomic mass is 32.1. The fourth-order valence-electron chi connectivity index (χ4n) is 2.82. The van der Waals surface area contributed by atoms with Gasteiger partial charge < -0.3 is 5.73 Å². The van der Waals surface area contributed by atoms with Gasteiger partial charge >= 0.3 is 0 Å². The third-order valence-electron chi connectivity index (χ3n) is 4.24. The van der Waals surface area contributed by atoms with Crippen molar-refractivity contribution in [3.63, 3.8) is 0 Å². The Labute approximate surface area is 126 Å². The molecule has 1 saturated heterocycles. The molecule has 0 spiro atoms. The van der Waals surface area contributed by atoms with Gasteiger partial charge in [-0.2, -0.15) is 0 Å². The summed E-state index contributed by atoms with van der Waals surface area (Å²) in [5.41, 5.74) is 6.90. The van der Waals surface area contributed by atoms with Gasteiger partial charge in [-0.15, -0.1) is 0 Å². The van der Waals surface area contributed by atoms with E-state index in [1.165, 1.54) is 6.42 Å². The van der Waals surface area contributed by atoms with Gasteiger partial charge in [-0.3, -0.25) is 4.90 Å². The molecule has 4 heteroatoms. The van der Waals surface area contributed by atoms with Crippen molar-refractivity contribution < 1.29 is 4.39 Å². The molecule has 2 rings (SSSR count). The number of nitrogens with two attached hydrogens (primary N) is 1. The van der Waals surface area contributed by atoms with E-state index in [0.717, 1.165) is 13.1 Å². The van der Waals surface area contributed by atoms with Crippen molar-refractivity contribution in [1.29, 1.82) is 0 Å². The van der Waals surface area contributed by atoms with Gasteiger partial charge in [0.15, 0.2) is 0 Å². The van der Waals surface area contributed by atoms with E-state index in [1.54, 1.807) is 6.07 Å². The lowest BCUT2D eigenvalue weighted by Crippen LogP contribution is -2.26. The molecule has 1 atom stereocenters. The number of nitrogens with zero attached hydrogens (tertiary/aromatic N) is 1. The van der Waals surface area contributed by atoms with E-state index >= 15 is 0 Å².